The molecule has 0 atom stereocenters. The molecule has 0 saturated carbocycles. The highest BCUT2D eigenvalue weighted by molar-refractivity contribution is 7.91. The quantitative estimate of drug-likeness (QED) is 0.866. The molecule has 0 bridgehead atoms. The van der Waals surface area contributed by atoms with Gasteiger partial charge in [0.05, 0.1) is 10.6 Å². The van der Waals surface area contributed by atoms with Gasteiger partial charge in [0.1, 0.15) is 0 Å². The molecule has 1 N–H and O–H groups in total. The fourth-order valence-electron chi connectivity index (χ4n) is 1.48. The third kappa shape index (κ3) is 3.89. The van der Waals surface area contributed by atoms with E-state index in [4.69, 9.17) is 0 Å². The van der Waals surface area contributed by atoms with Gasteiger partial charge in [-0.3, -0.25) is 4.79 Å². The first kappa shape index (κ1) is 16.4. The molecule has 8 heteroatoms. The summed E-state index contributed by atoms with van der Waals surface area (Å²) in [4.78, 5) is 12.3. The lowest BCUT2D eigenvalue weighted by molar-refractivity contribution is -0.128. The molecule has 0 saturated heterocycles. The Morgan fingerprint density at radius 2 is 1.90 bits per heavy atom. The third-order valence-electron chi connectivity index (χ3n) is 2.58. The second-order valence-corrected chi connectivity index (χ2v) is 6.15. The largest absolute Gasteiger partial charge is 0.383 e. The summed E-state index contributed by atoms with van der Waals surface area (Å²) in [6.45, 7) is 0.160. The molecule has 5 nitrogen and oxygen atoms in total. The number of halogens is 2. The Hall–Kier alpha value is -1.70. The number of sulfone groups is 1. The fourth-order valence-corrected chi connectivity index (χ4v) is 2.39. The van der Waals surface area contributed by atoms with Crippen molar-refractivity contribution in [2.45, 2.75) is 17.1 Å². The van der Waals surface area contributed by atoms with Crippen LogP contribution in [0.4, 0.5) is 14.5 Å². The van der Waals surface area contributed by atoms with E-state index < -0.39 is 20.5 Å². The van der Waals surface area contributed by atoms with Crippen LogP contribution in [0, 0.1) is 0 Å². The molecule has 1 rings (SSSR count). The van der Waals surface area contributed by atoms with Crippen molar-refractivity contribution in [2.24, 2.45) is 0 Å². The van der Waals surface area contributed by atoms with Crippen molar-refractivity contribution >= 4 is 21.4 Å². The molecule has 112 valence electrons. The third-order valence-corrected chi connectivity index (χ3v) is 4.02. The smallest absolute Gasteiger partial charge is 0.341 e. The molecular weight excluding hydrogens is 290 g/mol. The summed E-state index contributed by atoms with van der Waals surface area (Å²) in [5.74, 6) is -3.62. The highest BCUT2D eigenvalue weighted by Crippen LogP contribution is 2.25. The van der Waals surface area contributed by atoms with E-state index in [1.54, 1.807) is 14.1 Å². The molecule has 1 amide bonds. The van der Waals surface area contributed by atoms with Crippen LogP contribution in [-0.2, 0) is 14.6 Å². The number of benzene rings is 1. The molecule has 1 aromatic rings. The SMILES string of the molecule is CN(C)C(=O)CCNc1ccccc1S(=O)(=O)C(F)F. The number of hydrogen-bond donors (Lipinski definition) is 1. The Morgan fingerprint density at radius 3 is 2.45 bits per heavy atom. The van der Waals surface area contributed by atoms with Gasteiger partial charge in [-0.05, 0) is 12.1 Å². The Morgan fingerprint density at radius 1 is 1.30 bits per heavy atom. The number of nitrogens with zero attached hydrogens (tertiary/aromatic N) is 1. The van der Waals surface area contributed by atoms with Gasteiger partial charge in [0.25, 0.3) is 0 Å². The predicted octanol–water partition coefficient (Wildman–Crippen LogP) is 1.57. The Kier molecular flexibility index (Phi) is 5.43. The van der Waals surface area contributed by atoms with Crippen molar-refractivity contribution < 1.29 is 22.0 Å². The molecule has 0 aliphatic carbocycles. The summed E-state index contributed by atoms with van der Waals surface area (Å²) in [6, 6.07) is 5.39. The van der Waals surface area contributed by atoms with Crippen LogP contribution >= 0.6 is 0 Å². The predicted molar refractivity (Wildman–Crippen MR) is 71.4 cm³/mol. The first-order valence-corrected chi connectivity index (χ1v) is 7.36. The van der Waals surface area contributed by atoms with E-state index in [0.29, 0.717) is 0 Å². The molecule has 0 aliphatic rings. The summed E-state index contributed by atoms with van der Waals surface area (Å²) >= 11 is 0. The van der Waals surface area contributed by atoms with Gasteiger partial charge in [-0.1, -0.05) is 12.1 Å². The number of amides is 1. The van der Waals surface area contributed by atoms with Gasteiger partial charge in [-0.25, -0.2) is 8.42 Å². The standard InChI is InChI=1S/C12H16F2N2O3S/c1-16(2)11(17)7-8-15-9-5-3-4-6-10(9)20(18,19)12(13)14/h3-6,12,15H,7-8H2,1-2H3. The van der Waals surface area contributed by atoms with Gasteiger partial charge < -0.3 is 10.2 Å². The van der Waals surface area contributed by atoms with Crippen molar-refractivity contribution in [3.05, 3.63) is 24.3 Å². The van der Waals surface area contributed by atoms with E-state index in [1.807, 2.05) is 0 Å². The van der Waals surface area contributed by atoms with E-state index in [2.05, 4.69) is 5.32 Å². The van der Waals surface area contributed by atoms with Crippen molar-refractivity contribution in [1.29, 1.82) is 0 Å². The number of anilines is 1. The molecule has 0 spiro atoms. The monoisotopic (exact) mass is 306 g/mol. The molecule has 0 aromatic heterocycles. The van der Waals surface area contributed by atoms with Crippen LogP contribution in [0.5, 0.6) is 0 Å². The minimum Gasteiger partial charge on any atom is -0.383 e. The van der Waals surface area contributed by atoms with Crippen LogP contribution in [0.3, 0.4) is 0 Å². The number of carbonyl (C=O) groups excluding carboxylic acids is 1. The zero-order chi connectivity index (χ0) is 15.3. The van der Waals surface area contributed by atoms with Crippen molar-refractivity contribution in [3.63, 3.8) is 0 Å². The molecule has 0 fully saturated rings. The molecule has 0 radical (unpaired) electrons. The van der Waals surface area contributed by atoms with Gasteiger partial charge in [-0.2, -0.15) is 8.78 Å². The van der Waals surface area contributed by atoms with Crippen LogP contribution in [0.2, 0.25) is 0 Å². The number of hydrogen-bond acceptors (Lipinski definition) is 4. The zero-order valence-electron chi connectivity index (χ0n) is 11.1. The second kappa shape index (κ2) is 6.65. The normalized spacial score (nSPS) is 11.4. The molecular formula is C12H16F2N2O3S. The molecule has 0 unspecified atom stereocenters. The second-order valence-electron chi connectivity index (χ2n) is 4.27. The van der Waals surface area contributed by atoms with Gasteiger partial charge in [0, 0.05) is 27.1 Å². The first-order valence-electron chi connectivity index (χ1n) is 5.82. The lowest BCUT2D eigenvalue weighted by Gasteiger charge is -2.13. The summed E-state index contributed by atoms with van der Waals surface area (Å²) in [5.41, 5.74) is 0.0688. The lowest BCUT2D eigenvalue weighted by atomic mass is 10.3. The zero-order valence-corrected chi connectivity index (χ0v) is 12.0. The van der Waals surface area contributed by atoms with Gasteiger partial charge in [0.2, 0.25) is 15.7 Å². The maximum Gasteiger partial charge on any atom is 0.341 e. The fraction of sp³-hybridized carbons (Fsp3) is 0.417. The molecule has 1 aromatic carbocycles. The maximum absolute atomic E-state index is 12.6. The topological polar surface area (TPSA) is 66.5 Å². The number of para-hydroxylation sites is 1. The highest BCUT2D eigenvalue weighted by atomic mass is 32.2. The number of alkyl halides is 2. The van der Waals surface area contributed by atoms with E-state index in [0.717, 1.165) is 6.07 Å². The van der Waals surface area contributed by atoms with Crippen LogP contribution in [-0.4, -0.2) is 45.6 Å². The van der Waals surface area contributed by atoms with E-state index in [9.17, 15) is 22.0 Å². The van der Waals surface area contributed by atoms with E-state index >= 15 is 0 Å². The summed E-state index contributed by atoms with van der Waals surface area (Å²) in [6.07, 6.45) is 0.135. The highest BCUT2D eigenvalue weighted by Gasteiger charge is 2.28. The first-order chi connectivity index (χ1) is 9.26. The number of carbonyl (C=O) groups is 1. The molecule has 20 heavy (non-hydrogen) atoms. The molecule has 0 aliphatic heterocycles. The minimum absolute atomic E-state index is 0.0688. The van der Waals surface area contributed by atoms with Crippen LogP contribution < -0.4 is 5.32 Å². The van der Waals surface area contributed by atoms with Crippen LogP contribution in [0.25, 0.3) is 0 Å². The minimum atomic E-state index is -4.67. The van der Waals surface area contributed by atoms with Crippen molar-refractivity contribution in [2.75, 3.05) is 26.0 Å². The van der Waals surface area contributed by atoms with Crippen LogP contribution in [0.1, 0.15) is 6.42 Å². The van der Waals surface area contributed by atoms with Crippen molar-refractivity contribution in [3.8, 4) is 0 Å². The Balaban J connectivity index is 2.85. The van der Waals surface area contributed by atoms with Gasteiger partial charge >= 0.3 is 5.76 Å². The molecule has 0 heterocycles. The average Bonchev–Trinajstić information content (AvgIpc) is 2.38. The Labute approximate surface area is 116 Å². The maximum atomic E-state index is 12.6. The summed E-state index contributed by atoms with van der Waals surface area (Å²) < 4.78 is 48.1. The van der Waals surface area contributed by atoms with E-state index in [-0.39, 0.29) is 24.6 Å². The number of nitrogens with one attached hydrogen (secondary N) is 1. The Bertz CT molecular complexity index is 574. The van der Waals surface area contributed by atoms with Crippen molar-refractivity contribution in [1.82, 2.24) is 4.90 Å². The average molecular weight is 306 g/mol. The van der Waals surface area contributed by atoms with Gasteiger partial charge in [0.15, 0.2) is 0 Å². The number of rotatable bonds is 6. The summed E-state index contributed by atoms with van der Waals surface area (Å²) in [5, 5.41) is 2.70. The van der Waals surface area contributed by atoms with E-state index in [1.165, 1.54) is 23.1 Å². The van der Waals surface area contributed by atoms with Crippen LogP contribution in [0.15, 0.2) is 29.2 Å². The van der Waals surface area contributed by atoms with Gasteiger partial charge in [-0.15, -0.1) is 0 Å². The lowest BCUT2D eigenvalue weighted by Crippen LogP contribution is -2.24. The summed E-state index contributed by atoms with van der Waals surface area (Å²) in [7, 11) is -1.48.